The third-order valence-corrected chi connectivity index (χ3v) is 5.58. The molecule has 2 atom stereocenters. The van der Waals surface area contributed by atoms with E-state index in [-0.39, 0.29) is 23.5 Å². The van der Waals surface area contributed by atoms with Gasteiger partial charge < -0.3 is 14.7 Å². The molecule has 4 rings (SSSR count). The molecule has 1 aromatic heterocycles. The number of fused-ring (bicyclic) bond motifs is 1. The lowest BCUT2D eigenvalue weighted by atomic mass is 10.0. The molecule has 150 valence electrons. The number of nitrogens with zero attached hydrogens (tertiary/aromatic N) is 2. The van der Waals surface area contributed by atoms with Crippen LogP contribution in [0.1, 0.15) is 45.5 Å². The molecule has 7 heteroatoms. The predicted octanol–water partition coefficient (Wildman–Crippen LogP) is 1.71. The van der Waals surface area contributed by atoms with Crippen LogP contribution >= 0.6 is 0 Å². The molecular weight excluding hydrogens is 354 g/mol. The molecule has 28 heavy (non-hydrogen) atoms. The summed E-state index contributed by atoms with van der Waals surface area (Å²) in [6.45, 7) is 12.1. The fourth-order valence-corrected chi connectivity index (χ4v) is 3.87. The number of H-pyrrole nitrogens is 1. The van der Waals surface area contributed by atoms with Crippen molar-refractivity contribution in [2.75, 3.05) is 13.1 Å². The van der Waals surface area contributed by atoms with Gasteiger partial charge in [-0.05, 0) is 57.9 Å². The van der Waals surface area contributed by atoms with Crippen molar-refractivity contribution in [3.8, 4) is 5.75 Å². The summed E-state index contributed by atoms with van der Waals surface area (Å²) in [7, 11) is 0. The Hall–Kier alpha value is -2.38. The maximum absolute atomic E-state index is 11.6. The van der Waals surface area contributed by atoms with Crippen LogP contribution in [0.2, 0.25) is 0 Å². The predicted molar refractivity (Wildman–Crippen MR) is 108 cm³/mol. The van der Waals surface area contributed by atoms with E-state index in [2.05, 4.69) is 59.5 Å². The van der Waals surface area contributed by atoms with Crippen molar-refractivity contribution in [1.82, 2.24) is 20.4 Å². The molecule has 0 spiro atoms. The monoisotopic (exact) mass is 384 g/mol. The highest BCUT2D eigenvalue weighted by atomic mass is 16.5. The molecule has 0 bridgehead atoms. The van der Waals surface area contributed by atoms with E-state index in [9.17, 15) is 4.79 Å². The molecule has 4 N–H and O–H groups in total. The van der Waals surface area contributed by atoms with E-state index in [4.69, 9.17) is 4.74 Å². The number of hydrogen-bond acceptors (Lipinski definition) is 5. The Morgan fingerprint density at radius 1 is 1.36 bits per heavy atom. The highest BCUT2D eigenvalue weighted by Crippen LogP contribution is 2.33. The number of aromatic amines is 1. The smallest absolute Gasteiger partial charge is 0.311 e. The van der Waals surface area contributed by atoms with Gasteiger partial charge in [0.25, 0.3) is 0 Å². The van der Waals surface area contributed by atoms with Gasteiger partial charge in [-0.3, -0.25) is 5.32 Å². The second-order valence-corrected chi connectivity index (χ2v) is 8.92. The second kappa shape index (κ2) is 6.90. The third kappa shape index (κ3) is 3.64. The van der Waals surface area contributed by atoms with Crippen LogP contribution in [0.5, 0.6) is 5.75 Å². The van der Waals surface area contributed by atoms with Gasteiger partial charge in [0.15, 0.2) is 0 Å². The highest BCUT2D eigenvalue weighted by Gasteiger charge is 2.32. The number of amides is 1. The number of nitrogens with one attached hydrogen (secondary N) is 2. The number of aryl methyl sites for hydroxylation is 1. The molecule has 3 heterocycles. The van der Waals surface area contributed by atoms with Gasteiger partial charge in [-0.2, -0.15) is 0 Å². The van der Waals surface area contributed by atoms with E-state index >= 15 is 0 Å². The summed E-state index contributed by atoms with van der Waals surface area (Å²) in [6.07, 6.45) is 2.70. The van der Waals surface area contributed by atoms with Crippen molar-refractivity contribution < 1.29 is 14.8 Å². The van der Waals surface area contributed by atoms with Crippen molar-refractivity contribution in [2.24, 2.45) is 5.92 Å². The van der Waals surface area contributed by atoms with Gasteiger partial charge in [0, 0.05) is 18.3 Å². The fraction of sp³-hybridized carbons (Fsp3) is 0.524. The minimum Gasteiger partial charge on any atom is -0.488 e. The van der Waals surface area contributed by atoms with Gasteiger partial charge in [-0.15, -0.1) is 0 Å². The van der Waals surface area contributed by atoms with Crippen molar-refractivity contribution in [1.29, 1.82) is 0 Å². The van der Waals surface area contributed by atoms with E-state index in [0.29, 0.717) is 6.42 Å². The summed E-state index contributed by atoms with van der Waals surface area (Å²) >= 11 is 0. The zero-order chi connectivity index (χ0) is 20.1. The number of imidazole rings is 1. The van der Waals surface area contributed by atoms with Gasteiger partial charge >= 0.3 is 5.91 Å². The van der Waals surface area contributed by atoms with E-state index in [0.717, 1.165) is 41.3 Å². The Morgan fingerprint density at radius 3 is 2.79 bits per heavy atom. The summed E-state index contributed by atoms with van der Waals surface area (Å²) in [5.41, 5.74) is 7.60. The van der Waals surface area contributed by atoms with Crippen LogP contribution in [0, 0.1) is 12.8 Å². The Kier molecular flexibility index (Phi) is 4.67. The molecule has 0 radical (unpaired) electrons. The van der Waals surface area contributed by atoms with Crippen molar-refractivity contribution >= 4 is 22.5 Å². The van der Waals surface area contributed by atoms with Crippen LogP contribution < -0.4 is 15.5 Å². The van der Waals surface area contributed by atoms with Gasteiger partial charge in [-0.1, -0.05) is 0 Å². The number of nitrogens with two attached hydrogens (primary N) is 1. The summed E-state index contributed by atoms with van der Waals surface area (Å²) in [5.74, 6) is 2.09. The number of carbonyl (C=O) groups is 1. The lowest BCUT2D eigenvalue weighted by Gasteiger charge is -2.31. The van der Waals surface area contributed by atoms with Crippen LogP contribution in [-0.4, -0.2) is 45.6 Å². The average Bonchev–Trinajstić information content (AvgIpc) is 3.32. The number of ether oxygens (including phenoxy) is 1. The van der Waals surface area contributed by atoms with Crippen LogP contribution in [0.3, 0.4) is 0 Å². The number of aromatic nitrogens is 2. The minimum absolute atomic E-state index is 0.00970. The lowest BCUT2D eigenvalue weighted by Crippen LogP contribution is -2.85. The largest absolute Gasteiger partial charge is 0.488 e. The fourth-order valence-electron chi connectivity index (χ4n) is 3.87. The lowest BCUT2D eigenvalue weighted by molar-refractivity contribution is -0.558. The van der Waals surface area contributed by atoms with Gasteiger partial charge in [0.2, 0.25) is 0 Å². The summed E-state index contributed by atoms with van der Waals surface area (Å²) in [6, 6.07) is 4.22. The number of quaternary nitrogens is 1. The Bertz CT molecular complexity index is 940. The SMILES string of the molecule is Cc1nc2c(OC(C)C3C[NH2+]C(=O)C3)cc(C3=CN(C(C)(C)C)NC3)cc2[nH]1. The number of carbonyl (C=O) groups excluding carboxylic acids is 1. The van der Waals surface area contributed by atoms with Crippen molar-refractivity contribution in [3.05, 3.63) is 29.7 Å². The molecule has 0 saturated carbocycles. The maximum Gasteiger partial charge on any atom is 0.311 e. The molecule has 2 aliphatic heterocycles. The first-order valence-corrected chi connectivity index (χ1v) is 9.97. The first-order valence-electron chi connectivity index (χ1n) is 9.97. The third-order valence-electron chi connectivity index (χ3n) is 5.58. The highest BCUT2D eigenvalue weighted by molar-refractivity contribution is 5.87. The van der Waals surface area contributed by atoms with Gasteiger partial charge in [-0.25, -0.2) is 15.2 Å². The molecule has 2 unspecified atom stereocenters. The van der Waals surface area contributed by atoms with E-state index in [1.54, 1.807) is 5.32 Å². The molecule has 0 aliphatic carbocycles. The zero-order valence-corrected chi connectivity index (χ0v) is 17.3. The van der Waals surface area contributed by atoms with Crippen molar-refractivity contribution in [3.63, 3.8) is 0 Å². The number of hydrazine groups is 1. The normalized spacial score (nSPS) is 21.5. The Morgan fingerprint density at radius 2 is 2.14 bits per heavy atom. The molecule has 1 amide bonds. The first kappa shape index (κ1) is 19.0. The standard InChI is InChI=1S/C21H29N5O2/c1-12(15-8-19(27)22-9-15)28-18-7-14(6-17-20(18)25-13(2)24-17)16-10-23-26(11-16)21(3,4)5/h6-7,11-12,15,23H,8-10H2,1-5H3,(H,22,27)(H,24,25)/p+1. The van der Waals surface area contributed by atoms with Crippen LogP contribution in [0.25, 0.3) is 16.6 Å². The Labute approximate surface area is 165 Å². The van der Waals surface area contributed by atoms with Crippen LogP contribution in [0.4, 0.5) is 0 Å². The number of primary amides is 1. The zero-order valence-electron chi connectivity index (χ0n) is 17.3. The number of hydrogen-bond donors (Lipinski definition) is 3. The van der Waals surface area contributed by atoms with Gasteiger partial charge in [0.1, 0.15) is 23.2 Å². The van der Waals surface area contributed by atoms with E-state index in [1.807, 2.05) is 13.8 Å². The minimum atomic E-state index is -0.0417. The average molecular weight is 385 g/mol. The molecular formula is C21H30N5O2+. The molecule has 2 aromatic rings. The Balaban J connectivity index is 1.67. The molecule has 7 nitrogen and oxygen atoms in total. The van der Waals surface area contributed by atoms with Crippen LogP contribution in [-0.2, 0) is 4.79 Å². The maximum atomic E-state index is 11.6. The summed E-state index contributed by atoms with van der Waals surface area (Å²) < 4.78 is 6.35. The van der Waals surface area contributed by atoms with Crippen LogP contribution in [0.15, 0.2) is 18.3 Å². The molecule has 2 aliphatic rings. The number of rotatable bonds is 4. The second-order valence-electron chi connectivity index (χ2n) is 8.92. The van der Waals surface area contributed by atoms with E-state index < -0.39 is 0 Å². The summed E-state index contributed by atoms with van der Waals surface area (Å²) in [5, 5.41) is 3.93. The summed E-state index contributed by atoms with van der Waals surface area (Å²) in [4.78, 5) is 19.6. The van der Waals surface area contributed by atoms with Crippen molar-refractivity contribution in [2.45, 2.75) is 52.7 Å². The quantitative estimate of drug-likeness (QED) is 0.747. The molecule has 1 fully saturated rings. The first-order chi connectivity index (χ1) is 13.2. The number of benzene rings is 1. The molecule has 1 aromatic carbocycles. The van der Waals surface area contributed by atoms with Gasteiger partial charge in [0.05, 0.1) is 24.4 Å². The molecule has 1 saturated heterocycles. The van der Waals surface area contributed by atoms with E-state index in [1.165, 1.54) is 5.57 Å². The topological polar surface area (TPSA) is 86.9 Å².